The number of hydrogen-bond acceptors (Lipinski definition) is 0. The summed E-state index contributed by atoms with van der Waals surface area (Å²) in [5.41, 5.74) is 3.58. The zero-order valence-electron chi connectivity index (χ0n) is 9.71. The van der Waals surface area contributed by atoms with Crippen LogP contribution in [0.1, 0.15) is 11.1 Å². The minimum atomic E-state index is 1.17. The quantitative estimate of drug-likeness (QED) is 0.665. The molecule has 17 heavy (non-hydrogen) atoms. The molecule has 0 heterocycles. The van der Waals surface area contributed by atoms with Gasteiger partial charge in [0.25, 0.3) is 0 Å². The molecule has 2 aromatic rings. The molecule has 0 amide bonds. The van der Waals surface area contributed by atoms with E-state index in [1.54, 1.807) is 0 Å². The second-order valence-electron chi connectivity index (χ2n) is 3.78. The first-order valence-electron chi connectivity index (χ1n) is 5.68. The molecule has 0 saturated heterocycles. The summed E-state index contributed by atoms with van der Waals surface area (Å²) >= 11 is 0. The van der Waals surface area contributed by atoms with Crippen LogP contribution in [-0.2, 0) is 0 Å². The predicted octanol–water partition coefficient (Wildman–Crippen LogP) is 4.47. The van der Waals surface area contributed by atoms with E-state index in [-0.39, 0.29) is 0 Å². The Kier molecular flexibility index (Phi) is 4.15. The molecule has 2 aromatic carbocycles. The van der Waals surface area contributed by atoms with Gasteiger partial charge in [0.15, 0.2) is 0 Å². The minimum Gasteiger partial charge on any atom is -0.0622 e. The smallest absolute Gasteiger partial charge is 0.00528 e. The molecule has 0 aromatic heterocycles. The SMILES string of the molecule is [CH2][CH][CH]C(=Cc1ccccc1)c1ccccc1. The molecule has 0 N–H and O–H groups in total. The molecule has 0 atom stereocenters. The van der Waals surface area contributed by atoms with Crippen molar-refractivity contribution in [1.82, 2.24) is 0 Å². The van der Waals surface area contributed by atoms with Gasteiger partial charge in [-0.1, -0.05) is 66.7 Å². The molecule has 0 aliphatic heterocycles. The average Bonchev–Trinajstić information content (AvgIpc) is 2.40. The van der Waals surface area contributed by atoms with Gasteiger partial charge in [0.2, 0.25) is 0 Å². The van der Waals surface area contributed by atoms with E-state index in [1.165, 1.54) is 16.7 Å². The summed E-state index contributed by atoms with van der Waals surface area (Å²) < 4.78 is 0. The number of allylic oxidation sites excluding steroid dienone is 1. The van der Waals surface area contributed by atoms with E-state index >= 15 is 0 Å². The second-order valence-corrected chi connectivity index (χ2v) is 3.78. The Morgan fingerprint density at radius 1 is 0.824 bits per heavy atom. The van der Waals surface area contributed by atoms with E-state index in [1.807, 2.05) is 49.2 Å². The first-order valence-corrected chi connectivity index (χ1v) is 5.68. The van der Waals surface area contributed by atoms with Gasteiger partial charge in [-0.3, -0.25) is 0 Å². The van der Waals surface area contributed by atoms with Gasteiger partial charge in [-0.25, -0.2) is 0 Å². The summed E-state index contributed by atoms with van der Waals surface area (Å²) in [7, 11) is 0. The standard InChI is InChI=1S/C17H15/c1-2-9-17(16-12-7-4-8-13-16)14-15-10-5-3-6-11-15/h2-14H,1H2. The van der Waals surface area contributed by atoms with Crippen LogP contribution < -0.4 is 0 Å². The van der Waals surface area contributed by atoms with Gasteiger partial charge in [0.05, 0.1) is 0 Å². The lowest BCUT2D eigenvalue weighted by Crippen LogP contribution is -1.85. The van der Waals surface area contributed by atoms with Crippen molar-refractivity contribution in [3.8, 4) is 0 Å². The van der Waals surface area contributed by atoms with Crippen molar-refractivity contribution in [3.05, 3.63) is 91.6 Å². The maximum absolute atomic E-state index is 3.77. The Morgan fingerprint density at radius 2 is 1.41 bits per heavy atom. The molecule has 0 nitrogen and oxygen atoms in total. The average molecular weight is 219 g/mol. The molecule has 0 heteroatoms. The molecule has 3 radical (unpaired) electrons. The fourth-order valence-electron chi connectivity index (χ4n) is 1.71. The number of hydrogen-bond donors (Lipinski definition) is 0. The van der Waals surface area contributed by atoms with Crippen molar-refractivity contribution < 1.29 is 0 Å². The van der Waals surface area contributed by atoms with Crippen LogP contribution in [0.2, 0.25) is 0 Å². The van der Waals surface area contributed by atoms with Crippen LogP contribution >= 0.6 is 0 Å². The molecule has 0 bridgehead atoms. The van der Waals surface area contributed by atoms with Crippen molar-refractivity contribution in [2.45, 2.75) is 0 Å². The van der Waals surface area contributed by atoms with E-state index in [0.29, 0.717) is 0 Å². The van der Waals surface area contributed by atoms with Crippen LogP contribution in [-0.4, -0.2) is 0 Å². The van der Waals surface area contributed by atoms with Crippen molar-refractivity contribution in [1.29, 1.82) is 0 Å². The normalized spacial score (nSPS) is 11.5. The summed E-state index contributed by atoms with van der Waals surface area (Å²) in [5, 5.41) is 0. The lowest BCUT2D eigenvalue weighted by atomic mass is 9.99. The van der Waals surface area contributed by atoms with Crippen LogP contribution in [0.3, 0.4) is 0 Å². The lowest BCUT2D eigenvalue weighted by Gasteiger charge is -2.06. The van der Waals surface area contributed by atoms with Crippen molar-refractivity contribution >= 4 is 11.6 Å². The Morgan fingerprint density at radius 3 is 2.00 bits per heavy atom. The van der Waals surface area contributed by atoms with Crippen molar-refractivity contribution in [3.63, 3.8) is 0 Å². The van der Waals surface area contributed by atoms with Crippen LogP contribution in [0.5, 0.6) is 0 Å². The third-order valence-corrected chi connectivity index (χ3v) is 2.53. The molecule has 83 valence electrons. The van der Waals surface area contributed by atoms with E-state index in [4.69, 9.17) is 0 Å². The Labute approximate surface area is 104 Å². The molecule has 0 aliphatic carbocycles. The third-order valence-electron chi connectivity index (χ3n) is 2.53. The topological polar surface area (TPSA) is 0 Å². The first kappa shape index (κ1) is 11.7. The van der Waals surface area contributed by atoms with Gasteiger partial charge >= 0.3 is 0 Å². The molecular formula is C17H15. The largest absolute Gasteiger partial charge is 0.0622 e. The summed E-state index contributed by atoms with van der Waals surface area (Å²) in [6, 6.07) is 20.6. The van der Waals surface area contributed by atoms with Gasteiger partial charge in [-0.05, 0) is 36.5 Å². The Balaban J connectivity index is 2.33. The highest BCUT2D eigenvalue weighted by atomic mass is 14.0. The number of benzene rings is 2. The molecule has 0 aliphatic rings. The number of rotatable bonds is 4. The van der Waals surface area contributed by atoms with Gasteiger partial charge in [-0.15, -0.1) is 0 Å². The first-order chi connectivity index (χ1) is 8.40. The zero-order chi connectivity index (χ0) is 11.9. The van der Waals surface area contributed by atoms with Gasteiger partial charge in [0, 0.05) is 0 Å². The zero-order valence-corrected chi connectivity index (χ0v) is 9.71. The lowest BCUT2D eigenvalue weighted by molar-refractivity contribution is 1.54. The summed E-state index contributed by atoms with van der Waals surface area (Å²) in [6.07, 6.45) is 6.02. The molecular weight excluding hydrogens is 204 g/mol. The highest BCUT2D eigenvalue weighted by Crippen LogP contribution is 2.21. The Bertz CT molecular complexity index is 466. The van der Waals surface area contributed by atoms with E-state index < -0.39 is 0 Å². The van der Waals surface area contributed by atoms with Gasteiger partial charge in [0.1, 0.15) is 0 Å². The molecule has 0 unspecified atom stereocenters. The van der Waals surface area contributed by atoms with Crippen LogP contribution in [0.15, 0.2) is 60.7 Å². The van der Waals surface area contributed by atoms with Crippen LogP contribution in [0, 0.1) is 19.8 Å². The summed E-state index contributed by atoms with van der Waals surface area (Å²) in [5.74, 6) is 0. The predicted molar refractivity (Wildman–Crippen MR) is 74.7 cm³/mol. The maximum Gasteiger partial charge on any atom is -0.00528 e. The fraction of sp³-hybridized carbons (Fsp3) is 0. The summed E-state index contributed by atoms with van der Waals surface area (Å²) in [6.45, 7) is 3.77. The molecule has 0 spiro atoms. The third kappa shape index (κ3) is 3.32. The van der Waals surface area contributed by atoms with E-state index in [2.05, 4.69) is 37.3 Å². The monoisotopic (exact) mass is 219 g/mol. The highest BCUT2D eigenvalue weighted by Gasteiger charge is 2.00. The highest BCUT2D eigenvalue weighted by molar-refractivity contribution is 5.86. The summed E-state index contributed by atoms with van der Waals surface area (Å²) in [4.78, 5) is 0. The second kappa shape index (κ2) is 6.05. The van der Waals surface area contributed by atoms with Crippen LogP contribution in [0.4, 0.5) is 0 Å². The van der Waals surface area contributed by atoms with Crippen molar-refractivity contribution in [2.24, 2.45) is 0 Å². The van der Waals surface area contributed by atoms with E-state index in [9.17, 15) is 0 Å². The molecule has 0 fully saturated rings. The van der Waals surface area contributed by atoms with Gasteiger partial charge in [-0.2, -0.15) is 0 Å². The molecule has 0 saturated carbocycles. The Hall–Kier alpha value is -1.82. The van der Waals surface area contributed by atoms with Crippen molar-refractivity contribution in [2.75, 3.05) is 0 Å². The van der Waals surface area contributed by atoms with Crippen LogP contribution in [0.25, 0.3) is 11.6 Å². The van der Waals surface area contributed by atoms with Gasteiger partial charge < -0.3 is 0 Å². The fourth-order valence-corrected chi connectivity index (χ4v) is 1.71. The molecule has 2 rings (SSSR count). The maximum atomic E-state index is 3.77. The van der Waals surface area contributed by atoms with E-state index in [0.717, 1.165) is 0 Å². The minimum absolute atomic E-state index is 1.17.